The molecule has 0 radical (unpaired) electrons. The molecule has 5 nitrogen and oxygen atoms in total. The van der Waals surface area contributed by atoms with Crippen LogP contribution in [0.15, 0.2) is 48.8 Å². The van der Waals surface area contributed by atoms with Crippen molar-refractivity contribution in [2.45, 2.75) is 38.2 Å². The van der Waals surface area contributed by atoms with Crippen molar-refractivity contribution < 1.29 is 14.6 Å². The summed E-state index contributed by atoms with van der Waals surface area (Å²) in [6.07, 6.45) is 7.10. The quantitative estimate of drug-likeness (QED) is 0.885. The van der Waals surface area contributed by atoms with Crippen LogP contribution < -0.4 is 0 Å². The first kappa shape index (κ1) is 19.1. The third-order valence-electron chi connectivity index (χ3n) is 6.08. The van der Waals surface area contributed by atoms with Crippen LogP contribution in [0.2, 0.25) is 0 Å². The number of nitrogens with zero attached hydrogens (tertiary/aromatic N) is 2. The number of carbonyl (C=O) groups excluding carboxylic acids is 1. The summed E-state index contributed by atoms with van der Waals surface area (Å²) in [5.74, 6) is 0.186. The van der Waals surface area contributed by atoms with E-state index in [4.69, 9.17) is 4.74 Å². The molecular formula is C23H28N2O3. The van der Waals surface area contributed by atoms with Gasteiger partial charge < -0.3 is 14.7 Å². The van der Waals surface area contributed by atoms with Crippen LogP contribution in [0.4, 0.5) is 0 Å². The van der Waals surface area contributed by atoms with Crippen LogP contribution in [-0.4, -0.2) is 53.3 Å². The van der Waals surface area contributed by atoms with Crippen LogP contribution >= 0.6 is 0 Å². The van der Waals surface area contributed by atoms with Crippen molar-refractivity contribution in [1.29, 1.82) is 0 Å². The topological polar surface area (TPSA) is 62.7 Å². The smallest absolute Gasteiger partial charge is 0.229 e. The van der Waals surface area contributed by atoms with Crippen LogP contribution in [-0.2, 0) is 16.0 Å². The number of aromatic nitrogens is 1. The van der Waals surface area contributed by atoms with Crippen LogP contribution in [0.3, 0.4) is 0 Å². The first-order chi connectivity index (χ1) is 13.7. The van der Waals surface area contributed by atoms with Crippen LogP contribution in [0, 0.1) is 5.41 Å². The van der Waals surface area contributed by atoms with Gasteiger partial charge in [-0.25, -0.2) is 0 Å². The Morgan fingerprint density at radius 1 is 1.18 bits per heavy atom. The summed E-state index contributed by atoms with van der Waals surface area (Å²) in [4.78, 5) is 19.5. The number of benzene rings is 1. The van der Waals surface area contributed by atoms with Gasteiger partial charge in [0.15, 0.2) is 0 Å². The Morgan fingerprint density at radius 3 is 2.64 bits per heavy atom. The maximum absolute atomic E-state index is 13.5. The van der Waals surface area contributed by atoms with E-state index >= 15 is 0 Å². The highest BCUT2D eigenvalue weighted by atomic mass is 16.5. The number of rotatable bonds is 4. The van der Waals surface area contributed by atoms with E-state index in [-0.39, 0.29) is 5.91 Å². The van der Waals surface area contributed by atoms with Gasteiger partial charge in [-0.1, -0.05) is 30.3 Å². The lowest BCUT2D eigenvalue weighted by atomic mass is 9.73. The Hall–Kier alpha value is -2.24. The van der Waals surface area contributed by atoms with E-state index in [0.717, 1.165) is 49.8 Å². The van der Waals surface area contributed by atoms with Crippen molar-refractivity contribution in [3.63, 3.8) is 0 Å². The zero-order valence-corrected chi connectivity index (χ0v) is 16.2. The van der Waals surface area contributed by atoms with E-state index in [1.807, 2.05) is 23.2 Å². The Bertz CT molecular complexity index is 785. The maximum Gasteiger partial charge on any atom is 0.229 e. The van der Waals surface area contributed by atoms with E-state index in [0.29, 0.717) is 19.8 Å². The van der Waals surface area contributed by atoms with Crippen LogP contribution in [0.5, 0.6) is 0 Å². The predicted octanol–water partition coefficient (Wildman–Crippen LogP) is 3.07. The molecule has 1 amide bonds. The molecule has 148 valence electrons. The molecule has 2 aromatic rings. The molecule has 28 heavy (non-hydrogen) atoms. The second-order valence-electron chi connectivity index (χ2n) is 8.06. The molecule has 1 N–H and O–H groups in total. The third kappa shape index (κ3) is 4.10. The average Bonchev–Trinajstić information content (AvgIpc) is 2.75. The van der Waals surface area contributed by atoms with Gasteiger partial charge >= 0.3 is 0 Å². The summed E-state index contributed by atoms with van der Waals surface area (Å²) in [5, 5.41) is 10.0. The standard InChI is InChI=1S/C23H28N2O3/c26-21-4-2-12-25(17-21)22(27)23(9-13-28-14-10-23)15-18-5-7-19(8-6-18)20-3-1-11-24-16-20/h1,3,5-8,11,16,21,26H,2,4,9-10,12-15,17H2/t21-/m1/s1. The molecule has 0 unspecified atom stereocenters. The molecule has 3 heterocycles. The number of hydrogen-bond donors (Lipinski definition) is 1. The first-order valence-electron chi connectivity index (χ1n) is 10.2. The van der Waals surface area contributed by atoms with Gasteiger partial charge in [-0.15, -0.1) is 0 Å². The van der Waals surface area contributed by atoms with Crippen LogP contribution in [0.25, 0.3) is 11.1 Å². The van der Waals surface area contributed by atoms with Gasteiger partial charge in [-0.2, -0.15) is 0 Å². The largest absolute Gasteiger partial charge is 0.391 e. The molecule has 1 atom stereocenters. The van der Waals surface area contributed by atoms with E-state index in [9.17, 15) is 9.90 Å². The molecule has 2 fully saturated rings. The minimum atomic E-state index is -0.425. The number of aliphatic hydroxyl groups is 1. The van der Waals surface area contributed by atoms with Gasteiger partial charge in [0.2, 0.25) is 5.91 Å². The fourth-order valence-corrected chi connectivity index (χ4v) is 4.44. The summed E-state index contributed by atoms with van der Waals surface area (Å²) in [6, 6.07) is 12.4. The van der Waals surface area contributed by atoms with Crippen molar-refractivity contribution in [3.8, 4) is 11.1 Å². The maximum atomic E-state index is 13.5. The number of ether oxygens (including phenoxy) is 1. The number of piperidine rings is 1. The Morgan fingerprint density at radius 2 is 1.96 bits per heavy atom. The third-order valence-corrected chi connectivity index (χ3v) is 6.08. The van der Waals surface area contributed by atoms with Crippen molar-refractivity contribution >= 4 is 5.91 Å². The van der Waals surface area contributed by atoms with Gasteiger partial charge in [0.05, 0.1) is 11.5 Å². The van der Waals surface area contributed by atoms with Gasteiger partial charge in [-0.05, 0) is 54.9 Å². The number of β-amino-alcohol motifs (C(OH)–C–C–N with tert-alkyl or cyclic N) is 1. The first-order valence-corrected chi connectivity index (χ1v) is 10.2. The molecule has 4 rings (SSSR count). The fourth-order valence-electron chi connectivity index (χ4n) is 4.44. The van der Waals surface area contributed by atoms with E-state index < -0.39 is 11.5 Å². The molecule has 0 aliphatic carbocycles. The lowest BCUT2D eigenvalue weighted by Gasteiger charge is -2.42. The molecule has 0 saturated carbocycles. The normalized spacial score (nSPS) is 22.0. The Kier molecular flexibility index (Phi) is 5.74. The molecule has 2 aliphatic rings. The van der Waals surface area contributed by atoms with Gasteiger partial charge in [0, 0.05) is 38.7 Å². The number of carbonyl (C=O) groups is 1. The molecule has 0 bridgehead atoms. The highest BCUT2D eigenvalue weighted by Gasteiger charge is 2.43. The van der Waals surface area contributed by atoms with Crippen LogP contribution in [0.1, 0.15) is 31.2 Å². The lowest BCUT2D eigenvalue weighted by Crippen LogP contribution is -2.52. The van der Waals surface area contributed by atoms with E-state index in [1.54, 1.807) is 6.20 Å². The highest BCUT2D eigenvalue weighted by Crippen LogP contribution is 2.37. The van der Waals surface area contributed by atoms with Crippen molar-refractivity contribution in [2.75, 3.05) is 26.3 Å². The summed E-state index contributed by atoms with van der Waals surface area (Å²) < 4.78 is 5.57. The number of likely N-dealkylation sites (tertiary alicyclic amines) is 1. The molecular weight excluding hydrogens is 352 g/mol. The number of hydrogen-bond acceptors (Lipinski definition) is 4. The molecule has 1 aromatic carbocycles. The molecule has 2 saturated heterocycles. The van der Waals surface area contributed by atoms with E-state index in [2.05, 4.69) is 29.2 Å². The van der Waals surface area contributed by atoms with Gasteiger partial charge in [0.1, 0.15) is 0 Å². The van der Waals surface area contributed by atoms with Crippen molar-refractivity contribution in [1.82, 2.24) is 9.88 Å². The van der Waals surface area contributed by atoms with E-state index in [1.165, 1.54) is 5.56 Å². The summed E-state index contributed by atoms with van der Waals surface area (Å²) in [5.41, 5.74) is 2.96. The zero-order chi connectivity index (χ0) is 19.4. The average molecular weight is 380 g/mol. The monoisotopic (exact) mass is 380 g/mol. The SMILES string of the molecule is O=C(N1CCC[C@@H](O)C1)C1(Cc2ccc(-c3cccnc3)cc2)CCOCC1. The predicted molar refractivity (Wildman–Crippen MR) is 108 cm³/mol. The summed E-state index contributed by atoms with van der Waals surface area (Å²) in [6.45, 7) is 2.45. The number of amides is 1. The number of pyridine rings is 1. The van der Waals surface area contributed by atoms with Gasteiger partial charge in [-0.3, -0.25) is 9.78 Å². The summed E-state index contributed by atoms with van der Waals surface area (Å²) in [7, 11) is 0. The molecule has 1 aromatic heterocycles. The Labute approximate surface area is 166 Å². The minimum Gasteiger partial charge on any atom is -0.391 e. The number of aliphatic hydroxyl groups excluding tert-OH is 1. The summed E-state index contributed by atoms with van der Waals surface area (Å²) >= 11 is 0. The molecule has 5 heteroatoms. The van der Waals surface area contributed by atoms with Crippen molar-refractivity contribution in [2.24, 2.45) is 5.41 Å². The van der Waals surface area contributed by atoms with Gasteiger partial charge in [0.25, 0.3) is 0 Å². The highest BCUT2D eigenvalue weighted by molar-refractivity contribution is 5.83. The molecule has 2 aliphatic heterocycles. The fraction of sp³-hybridized carbons (Fsp3) is 0.478. The molecule has 0 spiro atoms. The lowest BCUT2D eigenvalue weighted by molar-refractivity contribution is -0.151. The second kappa shape index (κ2) is 8.41. The van der Waals surface area contributed by atoms with Crippen molar-refractivity contribution in [3.05, 3.63) is 54.4 Å². The zero-order valence-electron chi connectivity index (χ0n) is 16.2. The minimum absolute atomic E-state index is 0.186. The Balaban J connectivity index is 1.54. The second-order valence-corrected chi connectivity index (χ2v) is 8.06.